The molecule has 18 heavy (non-hydrogen) atoms. The molecule has 5 nitrogen and oxygen atoms in total. The van der Waals surface area contributed by atoms with Crippen LogP contribution in [-0.2, 0) is 6.54 Å². The fourth-order valence-electron chi connectivity index (χ4n) is 2.17. The van der Waals surface area contributed by atoms with Gasteiger partial charge in [0.2, 0.25) is 11.7 Å². The van der Waals surface area contributed by atoms with Crippen molar-refractivity contribution in [2.45, 2.75) is 19.5 Å². The molecular formula is C12H16N4OS. The Labute approximate surface area is 110 Å². The minimum atomic E-state index is 0.526. The van der Waals surface area contributed by atoms with Crippen LogP contribution in [0.1, 0.15) is 12.8 Å². The second-order valence-electron chi connectivity index (χ2n) is 4.58. The highest BCUT2D eigenvalue weighted by Crippen LogP contribution is 2.21. The summed E-state index contributed by atoms with van der Waals surface area (Å²) in [5.41, 5.74) is 0. The normalized spacial score (nSPS) is 21.3. The van der Waals surface area contributed by atoms with Crippen molar-refractivity contribution in [1.82, 2.24) is 20.4 Å². The average molecular weight is 264 g/mol. The molecule has 0 amide bonds. The van der Waals surface area contributed by atoms with Crippen LogP contribution >= 0.6 is 11.3 Å². The van der Waals surface area contributed by atoms with E-state index in [2.05, 4.69) is 27.3 Å². The summed E-state index contributed by atoms with van der Waals surface area (Å²) >= 11 is 1.63. The Balaban J connectivity index is 1.66. The molecule has 0 radical (unpaired) electrons. The number of aromatic nitrogens is 2. The first-order valence-corrected chi connectivity index (χ1v) is 7.01. The van der Waals surface area contributed by atoms with Gasteiger partial charge in [-0.2, -0.15) is 4.98 Å². The van der Waals surface area contributed by atoms with Crippen molar-refractivity contribution in [2.24, 2.45) is 0 Å². The van der Waals surface area contributed by atoms with Gasteiger partial charge < -0.3 is 9.84 Å². The maximum atomic E-state index is 5.31. The van der Waals surface area contributed by atoms with Gasteiger partial charge in [-0.1, -0.05) is 11.2 Å². The summed E-state index contributed by atoms with van der Waals surface area (Å²) in [5.74, 6) is 1.40. The molecule has 0 unspecified atom stereocenters. The molecule has 1 saturated heterocycles. The smallest absolute Gasteiger partial charge is 0.241 e. The molecular weight excluding hydrogens is 248 g/mol. The summed E-state index contributed by atoms with van der Waals surface area (Å²) in [6, 6.07) is 4.53. The molecule has 3 rings (SSSR count). The van der Waals surface area contributed by atoms with Crippen molar-refractivity contribution in [2.75, 3.05) is 19.6 Å². The lowest BCUT2D eigenvalue weighted by atomic mass is 10.2. The van der Waals surface area contributed by atoms with Crippen LogP contribution in [0.25, 0.3) is 10.7 Å². The molecule has 0 saturated carbocycles. The Morgan fingerprint density at radius 2 is 2.56 bits per heavy atom. The van der Waals surface area contributed by atoms with E-state index in [4.69, 9.17) is 4.52 Å². The molecule has 1 fully saturated rings. The van der Waals surface area contributed by atoms with Gasteiger partial charge in [0.1, 0.15) is 0 Å². The fourth-order valence-corrected chi connectivity index (χ4v) is 2.82. The highest BCUT2D eigenvalue weighted by atomic mass is 32.1. The van der Waals surface area contributed by atoms with Gasteiger partial charge in [0.05, 0.1) is 11.4 Å². The summed E-state index contributed by atoms with van der Waals surface area (Å²) in [4.78, 5) is 7.84. The third kappa shape index (κ3) is 2.60. The third-order valence-corrected chi connectivity index (χ3v) is 3.89. The number of rotatable bonds is 3. The minimum absolute atomic E-state index is 0.526. The monoisotopic (exact) mass is 264 g/mol. The van der Waals surface area contributed by atoms with E-state index in [0.29, 0.717) is 17.8 Å². The zero-order chi connectivity index (χ0) is 12.4. The number of nitrogens with one attached hydrogen (secondary N) is 1. The molecule has 2 aromatic heterocycles. The molecule has 96 valence electrons. The van der Waals surface area contributed by atoms with E-state index in [9.17, 15) is 0 Å². The van der Waals surface area contributed by atoms with Crippen LogP contribution in [0.4, 0.5) is 0 Å². The van der Waals surface area contributed by atoms with Crippen molar-refractivity contribution in [3.05, 3.63) is 23.4 Å². The van der Waals surface area contributed by atoms with E-state index < -0.39 is 0 Å². The van der Waals surface area contributed by atoms with E-state index >= 15 is 0 Å². The lowest BCUT2D eigenvalue weighted by molar-refractivity contribution is 0.177. The minimum Gasteiger partial charge on any atom is -0.338 e. The average Bonchev–Trinajstić information content (AvgIpc) is 2.98. The number of hydrogen-bond donors (Lipinski definition) is 1. The van der Waals surface area contributed by atoms with Crippen LogP contribution in [0.3, 0.4) is 0 Å². The van der Waals surface area contributed by atoms with Crippen LogP contribution in [0, 0.1) is 0 Å². The zero-order valence-corrected chi connectivity index (χ0v) is 11.1. The van der Waals surface area contributed by atoms with Crippen LogP contribution < -0.4 is 5.32 Å². The predicted octanol–water partition coefficient (Wildman–Crippen LogP) is 1.59. The van der Waals surface area contributed by atoms with Gasteiger partial charge in [-0.05, 0) is 18.4 Å². The van der Waals surface area contributed by atoms with Gasteiger partial charge in [-0.25, -0.2) is 0 Å². The topological polar surface area (TPSA) is 54.2 Å². The lowest BCUT2D eigenvalue weighted by Gasteiger charge is -2.30. The van der Waals surface area contributed by atoms with Crippen molar-refractivity contribution >= 4 is 11.3 Å². The zero-order valence-electron chi connectivity index (χ0n) is 10.3. The molecule has 1 aliphatic rings. The lowest BCUT2D eigenvalue weighted by Crippen LogP contribution is -2.48. The fraction of sp³-hybridized carbons (Fsp3) is 0.500. The van der Waals surface area contributed by atoms with Crippen LogP contribution in [0.5, 0.6) is 0 Å². The predicted molar refractivity (Wildman–Crippen MR) is 70.4 cm³/mol. The number of hydrogen-bond acceptors (Lipinski definition) is 6. The molecule has 1 aliphatic heterocycles. The van der Waals surface area contributed by atoms with E-state index in [0.717, 1.165) is 31.1 Å². The summed E-state index contributed by atoms with van der Waals surface area (Å²) < 4.78 is 5.31. The van der Waals surface area contributed by atoms with Crippen molar-refractivity contribution in [1.29, 1.82) is 0 Å². The Hall–Kier alpha value is -1.24. The maximum Gasteiger partial charge on any atom is 0.241 e. The van der Waals surface area contributed by atoms with Gasteiger partial charge in [0.15, 0.2) is 0 Å². The van der Waals surface area contributed by atoms with Gasteiger partial charge in [0, 0.05) is 25.7 Å². The molecule has 1 N–H and O–H groups in total. The largest absolute Gasteiger partial charge is 0.338 e. The Bertz CT molecular complexity index is 496. The van der Waals surface area contributed by atoms with Gasteiger partial charge in [0.25, 0.3) is 0 Å². The Morgan fingerprint density at radius 3 is 3.33 bits per heavy atom. The Kier molecular flexibility index (Phi) is 3.40. The van der Waals surface area contributed by atoms with E-state index in [-0.39, 0.29) is 0 Å². The van der Waals surface area contributed by atoms with Crippen LogP contribution in [-0.4, -0.2) is 40.7 Å². The molecule has 0 aliphatic carbocycles. The van der Waals surface area contributed by atoms with E-state index in [1.54, 1.807) is 11.3 Å². The molecule has 0 spiro atoms. The van der Waals surface area contributed by atoms with Gasteiger partial charge >= 0.3 is 0 Å². The first-order chi connectivity index (χ1) is 8.81. The molecule has 3 heterocycles. The maximum absolute atomic E-state index is 5.31. The highest BCUT2D eigenvalue weighted by Gasteiger charge is 2.18. The molecule has 6 heteroatoms. The van der Waals surface area contributed by atoms with E-state index in [1.165, 1.54) is 0 Å². The quantitative estimate of drug-likeness (QED) is 0.912. The first kappa shape index (κ1) is 11.8. The van der Waals surface area contributed by atoms with Gasteiger partial charge in [-0.15, -0.1) is 11.3 Å². The highest BCUT2D eigenvalue weighted by molar-refractivity contribution is 7.13. The summed E-state index contributed by atoms with van der Waals surface area (Å²) in [6.45, 7) is 6.01. The van der Waals surface area contributed by atoms with Crippen molar-refractivity contribution < 1.29 is 4.52 Å². The van der Waals surface area contributed by atoms with Crippen LogP contribution in [0.2, 0.25) is 0 Å². The Morgan fingerprint density at radius 1 is 1.61 bits per heavy atom. The molecule has 2 aromatic rings. The number of nitrogens with zero attached hydrogens (tertiary/aromatic N) is 3. The summed E-state index contributed by atoms with van der Waals surface area (Å²) in [7, 11) is 0. The van der Waals surface area contributed by atoms with Crippen LogP contribution in [0.15, 0.2) is 22.0 Å². The summed E-state index contributed by atoms with van der Waals surface area (Å²) in [6.07, 6.45) is 0. The van der Waals surface area contributed by atoms with Gasteiger partial charge in [-0.3, -0.25) is 4.90 Å². The summed E-state index contributed by atoms with van der Waals surface area (Å²) in [5, 5.41) is 9.46. The standard InChI is InChI=1S/C12H16N4OS/c1-9-7-16(5-4-13-9)8-11-14-12(15-17-11)10-3-2-6-18-10/h2-3,6,9,13H,4-5,7-8H2,1H3/t9-/m1/s1. The second-order valence-corrected chi connectivity index (χ2v) is 5.53. The van der Waals surface area contributed by atoms with E-state index in [1.807, 2.05) is 17.5 Å². The van der Waals surface area contributed by atoms with Crippen molar-refractivity contribution in [3.63, 3.8) is 0 Å². The molecule has 1 atom stereocenters. The SMILES string of the molecule is C[C@@H]1CN(Cc2nc(-c3cccs3)no2)CCN1. The molecule has 0 aromatic carbocycles. The number of thiophene rings is 1. The first-order valence-electron chi connectivity index (χ1n) is 6.13. The molecule has 0 bridgehead atoms. The van der Waals surface area contributed by atoms with Crippen molar-refractivity contribution in [3.8, 4) is 10.7 Å². The third-order valence-electron chi connectivity index (χ3n) is 3.02. The second kappa shape index (κ2) is 5.17. The number of piperazine rings is 1.